The van der Waals surface area contributed by atoms with Crippen molar-refractivity contribution < 1.29 is 9.90 Å². The minimum Gasteiger partial charge on any atom is -0.505 e. The molecule has 1 aromatic rings. The topological polar surface area (TPSA) is 79.5 Å². The van der Waals surface area contributed by atoms with Gasteiger partial charge in [-0.05, 0) is 38.3 Å². The highest BCUT2D eigenvalue weighted by Gasteiger charge is 2.28. The van der Waals surface area contributed by atoms with Gasteiger partial charge >= 0.3 is 0 Å². The van der Waals surface area contributed by atoms with Gasteiger partial charge in [-0.1, -0.05) is 0 Å². The van der Waals surface area contributed by atoms with E-state index in [0.29, 0.717) is 12.1 Å². The lowest BCUT2D eigenvalue weighted by Gasteiger charge is -2.35. The van der Waals surface area contributed by atoms with Crippen molar-refractivity contribution in [2.24, 2.45) is 5.73 Å². The fourth-order valence-corrected chi connectivity index (χ4v) is 2.48. The van der Waals surface area contributed by atoms with E-state index in [1.165, 1.54) is 12.4 Å². The minimum atomic E-state index is -0.118. The van der Waals surface area contributed by atoms with E-state index >= 15 is 0 Å². The van der Waals surface area contributed by atoms with E-state index < -0.39 is 0 Å². The highest BCUT2D eigenvalue weighted by molar-refractivity contribution is 5.96. The Morgan fingerprint density at radius 1 is 1.56 bits per heavy atom. The maximum atomic E-state index is 12.4. The van der Waals surface area contributed by atoms with E-state index in [-0.39, 0.29) is 17.7 Å². The molecule has 1 atom stereocenters. The monoisotopic (exact) mass is 249 g/mol. The Kier molecular flexibility index (Phi) is 4.15. The Morgan fingerprint density at radius 3 is 3.11 bits per heavy atom. The van der Waals surface area contributed by atoms with E-state index in [4.69, 9.17) is 5.73 Å². The zero-order valence-electron chi connectivity index (χ0n) is 10.4. The van der Waals surface area contributed by atoms with Gasteiger partial charge in [-0.15, -0.1) is 0 Å². The Balaban J connectivity index is 2.18. The molecular weight excluding hydrogens is 230 g/mol. The number of hydrogen-bond acceptors (Lipinski definition) is 4. The van der Waals surface area contributed by atoms with Gasteiger partial charge in [0.1, 0.15) is 5.75 Å². The first-order chi connectivity index (χ1) is 8.74. The molecule has 0 aliphatic carbocycles. The number of nitrogens with zero attached hydrogens (tertiary/aromatic N) is 2. The van der Waals surface area contributed by atoms with Gasteiger partial charge in [-0.25, -0.2) is 0 Å². The molecule has 0 aromatic carbocycles. The number of amides is 1. The van der Waals surface area contributed by atoms with Gasteiger partial charge in [0.05, 0.1) is 11.8 Å². The molecule has 1 aliphatic heterocycles. The largest absolute Gasteiger partial charge is 0.505 e. The third-order valence-corrected chi connectivity index (χ3v) is 3.42. The van der Waals surface area contributed by atoms with Gasteiger partial charge in [0, 0.05) is 18.8 Å². The van der Waals surface area contributed by atoms with Gasteiger partial charge < -0.3 is 15.7 Å². The number of aromatic hydroxyl groups is 1. The molecular formula is C13H19N3O2. The SMILES string of the molecule is NCCC1CCCCN1C(=O)c1ccncc1O. The fraction of sp³-hybridized carbons (Fsp3) is 0.538. The summed E-state index contributed by atoms with van der Waals surface area (Å²) in [5.74, 6) is -0.173. The van der Waals surface area contributed by atoms with E-state index in [9.17, 15) is 9.90 Å². The summed E-state index contributed by atoms with van der Waals surface area (Å²) in [5, 5.41) is 9.69. The Bertz CT molecular complexity index is 420. The molecule has 3 N–H and O–H groups in total. The number of carbonyl (C=O) groups is 1. The number of hydrogen-bond donors (Lipinski definition) is 2. The van der Waals surface area contributed by atoms with Crippen LogP contribution >= 0.6 is 0 Å². The van der Waals surface area contributed by atoms with Crippen LogP contribution in [0.25, 0.3) is 0 Å². The van der Waals surface area contributed by atoms with Crippen LogP contribution in [-0.4, -0.2) is 40.0 Å². The molecule has 18 heavy (non-hydrogen) atoms. The summed E-state index contributed by atoms with van der Waals surface area (Å²) >= 11 is 0. The van der Waals surface area contributed by atoms with E-state index in [1.54, 1.807) is 6.07 Å². The standard InChI is InChI=1S/C13H19N3O2/c14-6-4-10-3-1-2-8-16(10)13(18)11-5-7-15-9-12(11)17/h5,7,9-10,17H,1-4,6,8,14H2. The van der Waals surface area contributed by atoms with Crippen LogP contribution < -0.4 is 5.73 Å². The molecule has 5 heteroatoms. The molecule has 2 rings (SSSR count). The van der Waals surface area contributed by atoms with Crippen LogP contribution in [-0.2, 0) is 0 Å². The van der Waals surface area contributed by atoms with Crippen LogP contribution in [0.15, 0.2) is 18.5 Å². The molecule has 1 aromatic heterocycles. The van der Waals surface area contributed by atoms with Gasteiger partial charge in [0.25, 0.3) is 5.91 Å². The van der Waals surface area contributed by atoms with Crippen molar-refractivity contribution in [1.29, 1.82) is 0 Å². The number of nitrogens with two attached hydrogens (primary N) is 1. The first-order valence-electron chi connectivity index (χ1n) is 6.38. The molecule has 1 amide bonds. The average Bonchev–Trinajstić information content (AvgIpc) is 2.40. The number of carbonyl (C=O) groups excluding carboxylic acids is 1. The maximum Gasteiger partial charge on any atom is 0.257 e. The van der Waals surface area contributed by atoms with Crippen molar-refractivity contribution in [3.63, 3.8) is 0 Å². The average molecular weight is 249 g/mol. The van der Waals surface area contributed by atoms with E-state index in [1.807, 2.05) is 4.90 Å². The molecule has 0 radical (unpaired) electrons. The predicted molar refractivity (Wildman–Crippen MR) is 68.2 cm³/mol. The summed E-state index contributed by atoms with van der Waals surface area (Å²) in [7, 11) is 0. The molecule has 2 heterocycles. The minimum absolute atomic E-state index is 0.0560. The molecule has 1 fully saturated rings. The third-order valence-electron chi connectivity index (χ3n) is 3.42. The van der Waals surface area contributed by atoms with Crippen molar-refractivity contribution >= 4 is 5.91 Å². The summed E-state index contributed by atoms with van der Waals surface area (Å²) in [5.41, 5.74) is 5.92. The van der Waals surface area contributed by atoms with Crippen LogP contribution in [0.3, 0.4) is 0 Å². The van der Waals surface area contributed by atoms with Crippen LogP contribution in [0, 0.1) is 0 Å². The van der Waals surface area contributed by atoms with E-state index in [0.717, 1.165) is 32.2 Å². The molecule has 0 bridgehead atoms. The first-order valence-corrected chi connectivity index (χ1v) is 6.38. The lowest BCUT2D eigenvalue weighted by atomic mass is 9.98. The van der Waals surface area contributed by atoms with Crippen LogP contribution in [0.5, 0.6) is 5.75 Å². The smallest absolute Gasteiger partial charge is 0.257 e. The van der Waals surface area contributed by atoms with Gasteiger partial charge in [0.2, 0.25) is 0 Å². The number of pyridine rings is 1. The first kappa shape index (κ1) is 12.8. The number of piperidine rings is 1. The van der Waals surface area contributed by atoms with Crippen molar-refractivity contribution in [1.82, 2.24) is 9.88 Å². The Hall–Kier alpha value is -1.62. The molecule has 0 saturated carbocycles. The zero-order chi connectivity index (χ0) is 13.0. The number of likely N-dealkylation sites (tertiary alicyclic amines) is 1. The molecule has 98 valence electrons. The molecule has 0 spiro atoms. The second-order valence-electron chi connectivity index (χ2n) is 4.62. The lowest BCUT2D eigenvalue weighted by molar-refractivity contribution is 0.0602. The highest BCUT2D eigenvalue weighted by atomic mass is 16.3. The van der Waals surface area contributed by atoms with Gasteiger partial charge in [-0.3, -0.25) is 9.78 Å². The zero-order valence-corrected chi connectivity index (χ0v) is 10.4. The Labute approximate surface area is 107 Å². The van der Waals surface area contributed by atoms with Crippen LogP contribution in [0.4, 0.5) is 0 Å². The predicted octanol–water partition coefficient (Wildman–Crippen LogP) is 1.13. The molecule has 1 unspecified atom stereocenters. The highest BCUT2D eigenvalue weighted by Crippen LogP contribution is 2.24. The second-order valence-corrected chi connectivity index (χ2v) is 4.62. The van der Waals surface area contributed by atoms with E-state index in [2.05, 4.69) is 4.98 Å². The number of aromatic nitrogens is 1. The van der Waals surface area contributed by atoms with Crippen molar-refractivity contribution in [3.8, 4) is 5.75 Å². The lowest BCUT2D eigenvalue weighted by Crippen LogP contribution is -2.44. The van der Waals surface area contributed by atoms with Crippen molar-refractivity contribution in [3.05, 3.63) is 24.0 Å². The summed E-state index contributed by atoms with van der Waals surface area (Å²) in [6.07, 6.45) is 6.78. The fourth-order valence-electron chi connectivity index (χ4n) is 2.48. The van der Waals surface area contributed by atoms with Crippen LogP contribution in [0.2, 0.25) is 0 Å². The number of rotatable bonds is 3. The third kappa shape index (κ3) is 2.61. The summed E-state index contributed by atoms with van der Waals surface area (Å²) in [6, 6.07) is 1.76. The summed E-state index contributed by atoms with van der Waals surface area (Å²) < 4.78 is 0. The van der Waals surface area contributed by atoms with Gasteiger partial charge in [0.15, 0.2) is 0 Å². The normalized spacial score (nSPS) is 19.8. The summed E-state index contributed by atoms with van der Waals surface area (Å²) in [6.45, 7) is 1.32. The molecule has 1 saturated heterocycles. The molecule has 5 nitrogen and oxygen atoms in total. The van der Waals surface area contributed by atoms with Gasteiger partial charge in [-0.2, -0.15) is 0 Å². The Morgan fingerprint density at radius 2 is 2.39 bits per heavy atom. The quantitative estimate of drug-likeness (QED) is 0.841. The van der Waals surface area contributed by atoms with Crippen molar-refractivity contribution in [2.75, 3.05) is 13.1 Å². The second kappa shape index (κ2) is 5.82. The van der Waals surface area contributed by atoms with Crippen LogP contribution in [0.1, 0.15) is 36.0 Å². The maximum absolute atomic E-state index is 12.4. The van der Waals surface area contributed by atoms with Crippen molar-refractivity contribution in [2.45, 2.75) is 31.7 Å². The summed E-state index contributed by atoms with van der Waals surface area (Å²) in [4.78, 5) is 18.0. The molecule has 1 aliphatic rings.